The van der Waals surface area contributed by atoms with Gasteiger partial charge < -0.3 is 9.73 Å². The second-order valence-corrected chi connectivity index (χ2v) is 4.18. The number of aromatic nitrogens is 1. The highest BCUT2D eigenvalue weighted by atomic mass is 16.4. The summed E-state index contributed by atoms with van der Waals surface area (Å²) < 4.78 is 5.03. The van der Waals surface area contributed by atoms with E-state index in [0.29, 0.717) is 17.0 Å². The van der Waals surface area contributed by atoms with Gasteiger partial charge in [-0.05, 0) is 36.4 Å². The number of pyridine rings is 1. The number of fused-ring (bicyclic) bond motifs is 1. The van der Waals surface area contributed by atoms with Crippen LogP contribution in [0.4, 0.5) is 5.69 Å². The first-order valence-corrected chi connectivity index (χ1v) is 5.99. The lowest BCUT2D eigenvalue weighted by atomic mass is 10.2. The lowest BCUT2D eigenvalue weighted by Crippen LogP contribution is -2.13. The minimum Gasteiger partial charge on any atom is -0.423 e. The predicted molar refractivity (Wildman–Crippen MR) is 74.7 cm³/mol. The minimum atomic E-state index is -0.400. The SMILES string of the molecule is O=C(Nc1ccc2oc(=O)ccc2c1)c1ccccn1. The zero-order chi connectivity index (χ0) is 13.9. The number of rotatable bonds is 2. The van der Waals surface area contributed by atoms with Crippen LogP contribution in [0.15, 0.2) is 63.9 Å². The van der Waals surface area contributed by atoms with Gasteiger partial charge in [-0.2, -0.15) is 0 Å². The average molecular weight is 266 g/mol. The molecule has 1 aromatic carbocycles. The van der Waals surface area contributed by atoms with Gasteiger partial charge in [0.1, 0.15) is 11.3 Å². The number of hydrogen-bond acceptors (Lipinski definition) is 4. The number of hydrogen-bond donors (Lipinski definition) is 1. The summed E-state index contributed by atoms with van der Waals surface area (Å²) in [5, 5.41) is 3.48. The summed E-state index contributed by atoms with van der Waals surface area (Å²) in [7, 11) is 0. The predicted octanol–water partition coefficient (Wildman–Crippen LogP) is 2.44. The molecule has 3 rings (SSSR count). The summed E-state index contributed by atoms with van der Waals surface area (Å²) in [5.74, 6) is -0.290. The van der Waals surface area contributed by atoms with Gasteiger partial charge in [-0.25, -0.2) is 4.79 Å². The third kappa shape index (κ3) is 2.42. The summed E-state index contributed by atoms with van der Waals surface area (Å²) in [6.45, 7) is 0. The van der Waals surface area contributed by atoms with Crippen LogP contribution in [0.1, 0.15) is 10.5 Å². The maximum Gasteiger partial charge on any atom is 0.336 e. The molecule has 0 bridgehead atoms. The molecule has 0 aliphatic carbocycles. The minimum absolute atomic E-state index is 0.290. The third-order valence-corrected chi connectivity index (χ3v) is 2.77. The average Bonchev–Trinajstić information content (AvgIpc) is 2.48. The van der Waals surface area contributed by atoms with E-state index < -0.39 is 5.63 Å². The van der Waals surface area contributed by atoms with Crippen molar-refractivity contribution in [1.29, 1.82) is 0 Å². The first kappa shape index (κ1) is 12.1. The van der Waals surface area contributed by atoms with Crippen molar-refractivity contribution in [1.82, 2.24) is 4.98 Å². The van der Waals surface area contributed by atoms with E-state index in [9.17, 15) is 9.59 Å². The first-order chi connectivity index (χ1) is 9.72. The fourth-order valence-corrected chi connectivity index (χ4v) is 1.84. The maximum absolute atomic E-state index is 12.0. The van der Waals surface area contributed by atoms with E-state index in [0.717, 1.165) is 5.39 Å². The number of nitrogens with one attached hydrogen (secondary N) is 1. The Morgan fingerprint density at radius 2 is 2.00 bits per heavy atom. The summed E-state index contributed by atoms with van der Waals surface area (Å²) >= 11 is 0. The summed E-state index contributed by atoms with van der Waals surface area (Å²) in [5.41, 5.74) is 1.03. The Balaban J connectivity index is 1.90. The molecule has 0 aliphatic heterocycles. The molecule has 0 saturated heterocycles. The van der Waals surface area contributed by atoms with Crippen LogP contribution in [-0.2, 0) is 0 Å². The van der Waals surface area contributed by atoms with Crippen LogP contribution in [0.3, 0.4) is 0 Å². The van der Waals surface area contributed by atoms with Gasteiger partial charge in [-0.3, -0.25) is 9.78 Å². The van der Waals surface area contributed by atoms with Crippen LogP contribution in [0.5, 0.6) is 0 Å². The van der Waals surface area contributed by atoms with Gasteiger partial charge >= 0.3 is 5.63 Å². The van der Waals surface area contributed by atoms with Gasteiger partial charge in [0.05, 0.1) is 0 Å². The van der Waals surface area contributed by atoms with Crippen molar-refractivity contribution >= 4 is 22.6 Å². The fraction of sp³-hybridized carbons (Fsp3) is 0. The van der Waals surface area contributed by atoms with E-state index in [1.807, 2.05) is 0 Å². The molecular formula is C15H10N2O3. The van der Waals surface area contributed by atoms with Crippen molar-refractivity contribution in [2.75, 3.05) is 5.32 Å². The van der Waals surface area contributed by atoms with E-state index in [4.69, 9.17) is 4.42 Å². The van der Waals surface area contributed by atoms with Crippen LogP contribution in [0.25, 0.3) is 11.0 Å². The third-order valence-electron chi connectivity index (χ3n) is 2.77. The van der Waals surface area contributed by atoms with Gasteiger partial charge in [0.25, 0.3) is 5.91 Å². The molecule has 0 atom stereocenters. The second kappa shape index (κ2) is 4.97. The topological polar surface area (TPSA) is 72.2 Å². The Bertz CT molecular complexity index is 825. The van der Waals surface area contributed by atoms with Crippen LogP contribution in [0, 0.1) is 0 Å². The second-order valence-electron chi connectivity index (χ2n) is 4.18. The van der Waals surface area contributed by atoms with Gasteiger partial charge in [0.15, 0.2) is 0 Å². The Labute approximate surface area is 113 Å². The number of benzene rings is 1. The first-order valence-electron chi connectivity index (χ1n) is 5.99. The van der Waals surface area contributed by atoms with Crippen molar-refractivity contribution < 1.29 is 9.21 Å². The van der Waals surface area contributed by atoms with Gasteiger partial charge in [0, 0.05) is 23.3 Å². The zero-order valence-electron chi connectivity index (χ0n) is 10.4. The molecule has 2 aromatic heterocycles. The lowest BCUT2D eigenvalue weighted by Gasteiger charge is -2.05. The molecule has 0 fully saturated rings. The molecule has 0 radical (unpaired) electrons. The van der Waals surface area contributed by atoms with Crippen molar-refractivity contribution in [3.8, 4) is 0 Å². The molecule has 1 amide bonds. The Hall–Kier alpha value is -2.95. The van der Waals surface area contributed by atoms with E-state index in [1.165, 1.54) is 6.07 Å². The monoisotopic (exact) mass is 266 g/mol. The molecule has 5 heteroatoms. The van der Waals surface area contributed by atoms with Crippen LogP contribution >= 0.6 is 0 Å². The molecule has 5 nitrogen and oxygen atoms in total. The van der Waals surface area contributed by atoms with E-state index in [-0.39, 0.29) is 5.91 Å². The van der Waals surface area contributed by atoms with Gasteiger partial charge in [-0.1, -0.05) is 6.07 Å². The molecule has 20 heavy (non-hydrogen) atoms. The van der Waals surface area contributed by atoms with E-state index >= 15 is 0 Å². The summed E-state index contributed by atoms with van der Waals surface area (Å²) in [6, 6.07) is 13.2. The smallest absolute Gasteiger partial charge is 0.336 e. The van der Waals surface area contributed by atoms with E-state index in [1.54, 1.807) is 48.7 Å². The fourth-order valence-electron chi connectivity index (χ4n) is 1.84. The Morgan fingerprint density at radius 3 is 2.80 bits per heavy atom. The van der Waals surface area contributed by atoms with Crippen molar-refractivity contribution in [3.63, 3.8) is 0 Å². The number of carbonyl (C=O) groups excluding carboxylic acids is 1. The molecule has 2 heterocycles. The Morgan fingerprint density at radius 1 is 1.10 bits per heavy atom. The van der Waals surface area contributed by atoms with Crippen LogP contribution in [-0.4, -0.2) is 10.9 Å². The molecule has 1 N–H and O–H groups in total. The normalized spacial score (nSPS) is 10.4. The molecule has 0 spiro atoms. The van der Waals surface area contributed by atoms with Crippen molar-refractivity contribution in [2.24, 2.45) is 0 Å². The van der Waals surface area contributed by atoms with Gasteiger partial charge in [0.2, 0.25) is 0 Å². The molecule has 98 valence electrons. The highest BCUT2D eigenvalue weighted by molar-refractivity contribution is 6.03. The highest BCUT2D eigenvalue weighted by Gasteiger charge is 2.07. The largest absolute Gasteiger partial charge is 0.423 e. The summed E-state index contributed by atoms with van der Waals surface area (Å²) in [4.78, 5) is 27.0. The molecule has 3 aromatic rings. The quantitative estimate of drug-likeness (QED) is 0.723. The molecular weight excluding hydrogens is 256 g/mol. The molecule has 0 unspecified atom stereocenters. The lowest BCUT2D eigenvalue weighted by molar-refractivity contribution is 0.102. The van der Waals surface area contributed by atoms with Crippen molar-refractivity contribution in [2.45, 2.75) is 0 Å². The van der Waals surface area contributed by atoms with Crippen LogP contribution < -0.4 is 10.9 Å². The number of amides is 1. The zero-order valence-corrected chi connectivity index (χ0v) is 10.4. The number of anilines is 1. The number of nitrogens with zero attached hydrogens (tertiary/aromatic N) is 1. The summed E-state index contributed by atoms with van der Waals surface area (Å²) in [6.07, 6.45) is 1.56. The maximum atomic E-state index is 12.0. The Kier molecular flexibility index (Phi) is 3.01. The highest BCUT2D eigenvalue weighted by Crippen LogP contribution is 2.18. The number of carbonyl (C=O) groups is 1. The van der Waals surface area contributed by atoms with Crippen LogP contribution in [0.2, 0.25) is 0 Å². The standard InChI is InChI=1S/C15H10N2O3/c18-14-7-4-10-9-11(5-6-13(10)20-14)17-15(19)12-3-1-2-8-16-12/h1-9H,(H,17,19). The molecule has 0 saturated carbocycles. The molecule has 0 aliphatic rings. The van der Waals surface area contributed by atoms with Gasteiger partial charge in [-0.15, -0.1) is 0 Å². The van der Waals surface area contributed by atoms with Crippen molar-refractivity contribution in [3.05, 3.63) is 70.8 Å². The van der Waals surface area contributed by atoms with E-state index in [2.05, 4.69) is 10.3 Å².